The first-order valence-corrected chi connectivity index (χ1v) is 10.4. The van der Waals surface area contributed by atoms with Crippen molar-refractivity contribution in [3.8, 4) is 23.1 Å². The van der Waals surface area contributed by atoms with Gasteiger partial charge < -0.3 is 14.6 Å². The summed E-state index contributed by atoms with van der Waals surface area (Å²) in [6, 6.07) is 10.7. The number of amides is 1. The van der Waals surface area contributed by atoms with E-state index in [0.717, 1.165) is 17.3 Å². The summed E-state index contributed by atoms with van der Waals surface area (Å²) >= 11 is 3.40. The van der Waals surface area contributed by atoms with Crippen LogP contribution in [-0.2, 0) is 7.05 Å². The van der Waals surface area contributed by atoms with Crippen molar-refractivity contribution in [1.29, 1.82) is 0 Å². The van der Waals surface area contributed by atoms with Gasteiger partial charge in [-0.05, 0) is 37.1 Å². The van der Waals surface area contributed by atoms with Gasteiger partial charge in [-0.25, -0.2) is 4.98 Å². The second-order valence-electron chi connectivity index (χ2n) is 7.16. The molecule has 0 aliphatic heterocycles. The van der Waals surface area contributed by atoms with Gasteiger partial charge in [0, 0.05) is 29.7 Å². The number of halogens is 1. The average molecular weight is 481 g/mol. The first kappa shape index (κ1) is 19.4. The van der Waals surface area contributed by atoms with E-state index in [-0.39, 0.29) is 5.91 Å². The lowest BCUT2D eigenvalue weighted by molar-refractivity contribution is 0.102. The number of rotatable bonds is 6. The Kier molecular flexibility index (Phi) is 4.99. The molecule has 10 heteroatoms. The van der Waals surface area contributed by atoms with Crippen molar-refractivity contribution in [2.24, 2.45) is 7.05 Å². The minimum absolute atomic E-state index is 0.334. The Morgan fingerprint density at radius 2 is 2.13 bits per heavy atom. The topological polar surface area (TPSA) is 108 Å². The third-order valence-corrected chi connectivity index (χ3v) is 5.30. The standard InChI is InChI=1S/C21H17BrN6O3/c1-28-19(16(11-24-28)21-25-18(27-31-21)12-5-6-12)26-20(29)13-7-8-17(23-10-13)30-15-4-2-3-14(22)9-15/h2-4,7-12H,5-6H2,1H3,(H,26,29). The van der Waals surface area contributed by atoms with Crippen molar-refractivity contribution in [2.75, 3.05) is 5.32 Å². The number of hydrogen-bond donors (Lipinski definition) is 1. The third kappa shape index (κ3) is 4.19. The molecule has 31 heavy (non-hydrogen) atoms. The maximum atomic E-state index is 12.8. The summed E-state index contributed by atoms with van der Waals surface area (Å²) in [4.78, 5) is 21.4. The van der Waals surface area contributed by atoms with Crippen molar-refractivity contribution in [3.05, 3.63) is 64.7 Å². The lowest BCUT2D eigenvalue weighted by atomic mass is 10.2. The Morgan fingerprint density at radius 3 is 2.87 bits per heavy atom. The molecule has 3 heterocycles. The first-order valence-electron chi connectivity index (χ1n) is 9.63. The number of aromatic nitrogens is 5. The molecule has 0 spiro atoms. The molecule has 0 radical (unpaired) electrons. The van der Waals surface area contributed by atoms with E-state index in [1.54, 1.807) is 30.1 Å². The zero-order valence-corrected chi connectivity index (χ0v) is 18.0. The fraction of sp³-hybridized carbons (Fsp3) is 0.190. The fourth-order valence-corrected chi connectivity index (χ4v) is 3.38. The van der Waals surface area contributed by atoms with Crippen LogP contribution in [0.25, 0.3) is 11.5 Å². The minimum atomic E-state index is -0.340. The lowest BCUT2D eigenvalue weighted by Crippen LogP contribution is -2.15. The third-order valence-electron chi connectivity index (χ3n) is 4.80. The molecule has 9 nitrogen and oxygen atoms in total. The molecule has 1 aliphatic carbocycles. The van der Waals surface area contributed by atoms with Gasteiger partial charge >= 0.3 is 0 Å². The molecule has 0 atom stereocenters. The van der Waals surface area contributed by atoms with Gasteiger partial charge in [-0.3, -0.25) is 9.48 Å². The van der Waals surface area contributed by atoms with Crippen LogP contribution < -0.4 is 10.1 Å². The van der Waals surface area contributed by atoms with Crippen LogP contribution in [-0.4, -0.2) is 30.8 Å². The lowest BCUT2D eigenvalue weighted by Gasteiger charge is -2.08. The van der Waals surface area contributed by atoms with E-state index >= 15 is 0 Å². The van der Waals surface area contributed by atoms with E-state index in [1.165, 1.54) is 6.20 Å². The quantitative estimate of drug-likeness (QED) is 0.431. The number of nitrogens with zero attached hydrogens (tertiary/aromatic N) is 5. The number of pyridine rings is 1. The Hall–Kier alpha value is -3.53. The zero-order valence-electron chi connectivity index (χ0n) is 16.4. The number of ether oxygens (including phenoxy) is 1. The molecule has 1 aromatic carbocycles. The van der Waals surface area contributed by atoms with Gasteiger partial charge in [0.05, 0.1) is 11.8 Å². The molecule has 5 rings (SSSR count). The molecular formula is C21H17BrN6O3. The summed E-state index contributed by atoms with van der Waals surface area (Å²) in [6.07, 6.45) is 5.19. The predicted molar refractivity (Wildman–Crippen MR) is 115 cm³/mol. The maximum Gasteiger partial charge on any atom is 0.263 e. The first-order chi connectivity index (χ1) is 15.1. The highest BCUT2D eigenvalue weighted by atomic mass is 79.9. The van der Waals surface area contributed by atoms with E-state index in [1.807, 2.05) is 24.3 Å². The summed E-state index contributed by atoms with van der Waals surface area (Å²) in [5, 5.41) is 11.1. The number of anilines is 1. The molecule has 1 saturated carbocycles. The van der Waals surface area contributed by atoms with Crippen LogP contribution in [0.2, 0.25) is 0 Å². The van der Waals surface area contributed by atoms with Crippen LogP contribution in [0.4, 0.5) is 5.82 Å². The molecule has 0 saturated heterocycles. The van der Waals surface area contributed by atoms with Crippen molar-refractivity contribution in [2.45, 2.75) is 18.8 Å². The number of carbonyl (C=O) groups excluding carboxylic acids is 1. The maximum absolute atomic E-state index is 12.8. The van der Waals surface area contributed by atoms with Crippen LogP contribution >= 0.6 is 15.9 Å². The Labute approximate surface area is 185 Å². The van der Waals surface area contributed by atoms with E-state index in [9.17, 15) is 4.79 Å². The highest BCUT2D eigenvalue weighted by Crippen LogP contribution is 2.39. The minimum Gasteiger partial charge on any atom is -0.439 e. The van der Waals surface area contributed by atoms with Gasteiger partial charge in [0.15, 0.2) is 5.82 Å². The van der Waals surface area contributed by atoms with Gasteiger partial charge in [0.2, 0.25) is 5.88 Å². The van der Waals surface area contributed by atoms with Crippen LogP contribution in [0.5, 0.6) is 11.6 Å². The van der Waals surface area contributed by atoms with E-state index in [2.05, 4.69) is 41.5 Å². The van der Waals surface area contributed by atoms with Crippen LogP contribution in [0.3, 0.4) is 0 Å². The number of carbonyl (C=O) groups is 1. The largest absolute Gasteiger partial charge is 0.439 e. The number of nitrogens with one attached hydrogen (secondary N) is 1. The van der Waals surface area contributed by atoms with E-state index < -0.39 is 0 Å². The Morgan fingerprint density at radius 1 is 1.26 bits per heavy atom. The number of benzene rings is 1. The summed E-state index contributed by atoms with van der Waals surface area (Å²) in [7, 11) is 1.73. The van der Waals surface area contributed by atoms with Gasteiger partial charge in [0.1, 0.15) is 17.1 Å². The monoisotopic (exact) mass is 480 g/mol. The van der Waals surface area contributed by atoms with Crippen molar-refractivity contribution in [3.63, 3.8) is 0 Å². The van der Waals surface area contributed by atoms with Crippen molar-refractivity contribution >= 4 is 27.7 Å². The summed E-state index contributed by atoms with van der Waals surface area (Å²) in [6.45, 7) is 0. The van der Waals surface area contributed by atoms with Gasteiger partial charge in [-0.1, -0.05) is 27.2 Å². The molecule has 3 aromatic heterocycles. The van der Waals surface area contributed by atoms with Crippen molar-refractivity contribution in [1.82, 2.24) is 24.9 Å². The summed E-state index contributed by atoms with van der Waals surface area (Å²) in [5.41, 5.74) is 0.941. The normalized spacial score (nSPS) is 13.2. The molecule has 1 N–H and O–H groups in total. The van der Waals surface area contributed by atoms with E-state index in [4.69, 9.17) is 9.26 Å². The molecule has 1 fully saturated rings. The van der Waals surface area contributed by atoms with Gasteiger partial charge in [0.25, 0.3) is 11.8 Å². The van der Waals surface area contributed by atoms with Crippen LogP contribution in [0.1, 0.15) is 34.9 Å². The molecule has 1 amide bonds. The smallest absolute Gasteiger partial charge is 0.263 e. The average Bonchev–Trinajstić information content (AvgIpc) is 3.39. The second-order valence-corrected chi connectivity index (χ2v) is 8.08. The molecule has 156 valence electrons. The van der Waals surface area contributed by atoms with Crippen LogP contribution in [0.15, 0.2) is 57.8 Å². The molecular weight excluding hydrogens is 464 g/mol. The summed E-state index contributed by atoms with van der Waals surface area (Å²) < 4.78 is 13.5. The molecule has 4 aromatic rings. The highest BCUT2D eigenvalue weighted by Gasteiger charge is 2.30. The molecule has 0 unspecified atom stereocenters. The predicted octanol–water partition coefficient (Wildman–Crippen LogP) is 4.55. The van der Waals surface area contributed by atoms with E-state index in [0.29, 0.717) is 46.2 Å². The van der Waals surface area contributed by atoms with Crippen LogP contribution in [0, 0.1) is 0 Å². The zero-order chi connectivity index (χ0) is 21.4. The van der Waals surface area contributed by atoms with Gasteiger partial charge in [-0.2, -0.15) is 10.1 Å². The number of hydrogen-bond acceptors (Lipinski definition) is 7. The fourth-order valence-electron chi connectivity index (χ4n) is 3.00. The second kappa shape index (κ2) is 7.95. The molecule has 1 aliphatic rings. The summed E-state index contributed by atoms with van der Waals surface area (Å²) in [5.74, 6) is 2.55. The van der Waals surface area contributed by atoms with Crippen molar-refractivity contribution < 1.29 is 14.1 Å². The Balaban J connectivity index is 1.31. The highest BCUT2D eigenvalue weighted by molar-refractivity contribution is 9.10. The number of aryl methyl sites for hydroxylation is 1. The molecule has 0 bridgehead atoms. The van der Waals surface area contributed by atoms with Gasteiger partial charge in [-0.15, -0.1) is 0 Å². The Bertz CT molecular complexity index is 1250. The SMILES string of the molecule is Cn1ncc(-c2nc(C3CC3)no2)c1NC(=O)c1ccc(Oc2cccc(Br)c2)nc1.